The largest absolute Gasteiger partial charge is 0.480 e. The van der Waals surface area contributed by atoms with Crippen molar-refractivity contribution in [1.82, 2.24) is 25.9 Å². The number of amides is 3. The molecule has 12 heteroatoms. The van der Waals surface area contributed by atoms with Gasteiger partial charge in [0.2, 0.25) is 17.7 Å². The Morgan fingerprint density at radius 3 is 1.77 bits per heavy atom. The number of hydrogen-bond donors (Lipinski definition) is 8. The predicted molar refractivity (Wildman–Crippen MR) is 169 cm³/mol. The standard InChI is InChI=1S/C31H38N6O5S/c1-3-17(2)27(32)30(40)35-24(12-18-14-33-22-10-6-4-8-20(18)22)28(38)37-26(16-43)29(39)36-25(31(41)42)13-19-15-34-23-11-7-5-9-21(19)23/h4-11,14-15,17,24-27,33-34,43H,3,12-13,16,32H2,1-2H3,(H,35,40)(H,36,39)(H,37,38)(H,41,42). The zero-order chi connectivity index (χ0) is 31.1. The van der Waals surface area contributed by atoms with E-state index < -0.39 is 47.9 Å². The minimum absolute atomic E-state index is 0.0328. The third kappa shape index (κ3) is 7.57. The number of carboxylic acids is 1. The van der Waals surface area contributed by atoms with Crippen molar-refractivity contribution in [1.29, 1.82) is 0 Å². The number of H-pyrrole nitrogens is 2. The Bertz CT molecular complexity index is 1600. The zero-order valence-corrected chi connectivity index (χ0v) is 25.0. The van der Waals surface area contributed by atoms with Crippen molar-refractivity contribution in [2.75, 3.05) is 5.75 Å². The molecule has 0 fully saturated rings. The van der Waals surface area contributed by atoms with Crippen LogP contribution in [-0.2, 0) is 32.0 Å². The maximum absolute atomic E-state index is 13.6. The molecule has 5 atom stereocenters. The minimum Gasteiger partial charge on any atom is -0.480 e. The molecule has 228 valence electrons. The van der Waals surface area contributed by atoms with E-state index in [0.717, 1.165) is 32.9 Å². The van der Waals surface area contributed by atoms with E-state index in [0.29, 0.717) is 6.42 Å². The van der Waals surface area contributed by atoms with Crippen molar-refractivity contribution >= 4 is 58.1 Å². The van der Waals surface area contributed by atoms with Gasteiger partial charge in [-0.25, -0.2) is 4.79 Å². The first-order chi connectivity index (χ1) is 20.6. The summed E-state index contributed by atoms with van der Waals surface area (Å²) in [5.41, 5.74) is 9.40. The molecule has 2 heterocycles. The van der Waals surface area contributed by atoms with Gasteiger partial charge in [0.05, 0.1) is 6.04 Å². The van der Waals surface area contributed by atoms with Gasteiger partial charge < -0.3 is 36.8 Å². The number of carboxylic acid groups (broad SMARTS) is 1. The van der Waals surface area contributed by atoms with Crippen molar-refractivity contribution in [3.63, 3.8) is 0 Å². The Kier molecular flexibility index (Phi) is 10.5. The number of carbonyl (C=O) groups is 4. The van der Waals surface area contributed by atoms with Gasteiger partial charge >= 0.3 is 5.97 Å². The van der Waals surface area contributed by atoms with Crippen LogP contribution in [0.4, 0.5) is 0 Å². The Morgan fingerprint density at radius 2 is 1.26 bits per heavy atom. The summed E-state index contributed by atoms with van der Waals surface area (Å²) in [4.78, 5) is 58.2. The molecular weight excluding hydrogens is 568 g/mol. The molecule has 3 amide bonds. The monoisotopic (exact) mass is 606 g/mol. The van der Waals surface area contributed by atoms with Gasteiger partial charge in [-0.05, 0) is 29.2 Å². The SMILES string of the molecule is CCC(C)C(N)C(=O)NC(Cc1c[nH]c2ccccc12)C(=O)NC(CS)C(=O)NC(Cc1c[nH]c2ccccc12)C(=O)O. The number of hydrogen-bond acceptors (Lipinski definition) is 6. The highest BCUT2D eigenvalue weighted by Crippen LogP contribution is 2.21. The van der Waals surface area contributed by atoms with Crippen LogP contribution in [0.15, 0.2) is 60.9 Å². The summed E-state index contributed by atoms with van der Waals surface area (Å²) in [6.07, 6.45) is 4.33. The maximum Gasteiger partial charge on any atom is 0.326 e. The van der Waals surface area contributed by atoms with Gasteiger partial charge in [-0.1, -0.05) is 56.7 Å². The topological polar surface area (TPSA) is 182 Å². The molecule has 0 aliphatic heterocycles. The molecule has 0 aliphatic carbocycles. The average Bonchev–Trinajstić information content (AvgIpc) is 3.62. The van der Waals surface area contributed by atoms with Crippen molar-refractivity contribution in [3.8, 4) is 0 Å². The second-order valence-electron chi connectivity index (χ2n) is 10.7. The fourth-order valence-electron chi connectivity index (χ4n) is 4.97. The minimum atomic E-state index is -1.25. The molecule has 0 saturated heterocycles. The number of fused-ring (bicyclic) bond motifs is 2. The second kappa shape index (κ2) is 14.3. The van der Waals surface area contributed by atoms with E-state index in [4.69, 9.17) is 5.73 Å². The Hall–Kier alpha value is -4.29. The third-order valence-electron chi connectivity index (χ3n) is 7.82. The summed E-state index contributed by atoms with van der Waals surface area (Å²) in [5, 5.41) is 19.6. The number of thiol groups is 1. The summed E-state index contributed by atoms with van der Waals surface area (Å²) in [5.74, 6) is -3.23. The number of aromatic nitrogens is 2. The van der Waals surface area contributed by atoms with Crippen LogP contribution in [-0.4, -0.2) is 68.7 Å². The molecule has 0 aliphatic rings. The van der Waals surface area contributed by atoms with E-state index in [-0.39, 0.29) is 24.5 Å². The van der Waals surface area contributed by atoms with Crippen molar-refractivity contribution in [2.24, 2.45) is 11.7 Å². The van der Waals surface area contributed by atoms with E-state index >= 15 is 0 Å². The van der Waals surface area contributed by atoms with Gasteiger partial charge in [-0.2, -0.15) is 12.6 Å². The number of benzene rings is 2. The molecule has 4 aromatic rings. The summed E-state index contributed by atoms with van der Waals surface area (Å²) >= 11 is 4.25. The lowest BCUT2D eigenvalue weighted by atomic mass is 9.98. The van der Waals surface area contributed by atoms with Crippen LogP contribution in [0.2, 0.25) is 0 Å². The van der Waals surface area contributed by atoms with Gasteiger partial charge in [0.15, 0.2) is 0 Å². The Balaban J connectivity index is 1.50. The van der Waals surface area contributed by atoms with Crippen LogP contribution in [0.25, 0.3) is 21.8 Å². The normalized spacial score (nSPS) is 14.9. The lowest BCUT2D eigenvalue weighted by Crippen LogP contribution is -2.58. The molecule has 11 nitrogen and oxygen atoms in total. The molecule has 0 bridgehead atoms. The van der Waals surface area contributed by atoms with E-state index in [1.165, 1.54) is 0 Å². The fraction of sp³-hybridized carbons (Fsp3) is 0.355. The number of aromatic amines is 2. The average molecular weight is 607 g/mol. The van der Waals surface area contributed by atoms with Crippen molar-refractivity contribution in [3.05, 3.63) is 72.1 Å². The fourth-order valence-corrected chi connectivity index (χ4v) is 5.23. The lowest BCUT2D eigenvalue weighted by Gasteiger charge is -2.25. The lowest BCUT2D eigenvalue weighted by molar-refractivity contribution is -0.142. The zero-order valence-electron chi connectivity index (χ0n) is 24.1. The van der Waals surface area contributed by atoms with Gasteiger partial charge in [0.1, 0.15) is 18.1 Å². The van der Waals surface area contributed by atoms with Crippen LogP contribution in [0.5, 0.6) is 0 Å². The summed E-state index contributed by atoms with van der Waals surface area (Å²) in [6, 6.07) is 10.7. The second-order valence-corrected chi connectivity index (χ2v) is 11.1. The summed E-state index contributed by atoms with van der Waals surface area (Å²) in [6.45, 7) is 3.78. The molecular formula is C31H38N6O5S. The molecule has 8 N–H and O–H groups in total. The van der Waals surface area contributed by atoms with Gasteiger partial charge in [0, 0.05) is 52.8 Å². The highest BCUT2D eigenvalue weighted by molar-refractivity contribution is 7.80. The maximum atomic E-state index is 13.6. The molecule has 0 saturated carbocycles. The number of rotatable bonds is 14. The highest BCUT2D eigenvalue weighted by Gasteiger charge is 2.31. The molecule has 4 rings (SSSR count). The van der Waals surface area contributed by atoms with Crippen molar-refractivity contribution in [2.45, 2.75) is 57.3 Å². The van der Waals surface area contributed by atoms with Crippen LogP contribution in [0.3, 0.4) is 0 Å². The number of nitrogens with one attached hydrogen (secondary N) is 5. The van der Waals surface area contributed by atoms with Gasteiger partial charge in [-0.15, -0.1) is 0 Å². The first-order valence-corrected chi connectivity index (χ1v) is 14.9. The number of aliphatic carboxylic acids is 1. The Morgan fingerprint density at radius 1 is 0.791 bits per heavy atom. The molecule has 0 radical (unpaired) electrons. The quantitative estimate of drug-likeness (QED) is 0.102. The van der Waals surface area contributed by atoms with Gasteiger partial charge in [-0.3, -0.25) is 14.4 Å². The smallest absolute Gasteiger partial charge is 0.326 e. The summed E-state index contributed by atoms with van der Waals surface area (Å²) < 4.78 is 0. The first-order valence-electron chi connectivity index (χ1n) is 14.2. The van der Waals surface area contributed by atoms with E-state index in [1.54, 1.807) is 12.4 Å². The molecule has 5 unspecified atom stereocenters. The molecule has 0 spiro atoms. The number of para-hydroxylation sites is 2. The first kappa shape index (κ1) is 31.6. The highest BCUT2D eigenvalue weighted by atomic mass is 32.1. The van der Waals surface area contributed by atoms with Crippen LogP contribution >= 0.6 is 12.6 Å². The molecule has 43 heavy (non-hydrogen) atoms. The Labute approximate surface area is 254 Å². The van der Waals surface area contributed by atoms with Gasteiger partial charge in [0.25, 0.3) is 0 Å². The molecule has 2 aromatic heterocycles. The number of carbonyl (C=O) groups excluding carboxylic acids is 3. The van der Waals surface area contributed by atoms with Crippen LogP contribution in [0.1, 0.15) is 31.4 Å². The molecule has 2 aromatic carbocycles. The van der Waals surface area contributed by atoms with E-state index in [2.05, 4.69) is 38.5 Å². The van der Waals surface area contributed by atoms with Crippen LogP contribution in [0, 0.1) is 5.92 Å². The van der Waals surface area contributed by atoms with E-state index in [1.807, 2.05) is 62.4 Å². The third-order valence-corrected chi connectivity index (χ3v) is 8.19. The van der Waals surface area contributed by atoms with Crippen LogP contribution < -0.4 is 21.7 Å². The predicted octanol–water partition coefficient (Wildman–Crippen LogP) is 2.28. The van der Waals surface area contributed by atoms with Crippen molar-refractivity contribution < 1.29 is 24.3 Å². The summed E-state index contributed by atoms with van der Waals surface area (Å²) in [7, 11) is 0. The van der Waals surface area contributed by atoms with E-state index in [9.17, 15) is 24.3 Å². The number of nitrogens with two attached hydrogens (primary N) is 1.